The monoisotopic (exact) mass is 528 g/mol. The molecule has 1 unspecified atom stereocenters. The Labute approximate surface area is 204 Å². The summed E-state index contributed by atoms with van der Waals surface area (Å²) in [4.78, 5) is 19.1. The maximum atomic E-state index is 5.84. The fraction of sp³-hybridized carbons (Fsp3) is 0.364. The van der Waals surface area contributed by atoms with Gasteiger partial charge in [0.2, 0.25) is 0 Å². The van der Waals surface area contributed by atoms with Crippen molar-refractivity contribution in [3.8, 4) is 23.0 Å². The Bertz CT molecular complexity index is 1260. The van der Waals surface area contributed by atoms with Gasteiger partial charge in [-0.2, -0.15) is 0 Å². The molecule has 1 aliphatic heterocycles. The van der Waals surface area contributed by atoms with E-state index in [9.17, 15) is 0 Å². The normalized spacial score (nSPS) is 13.2. The van der Waals surface area contributed by atoms with Crippen molar-refractivity contribution >= 4 is 44.3 Å². The third-order valence-electron chi connectivity index (χ3n) is 5.14. The molecule has 172 valence electrons. The first-order chi connectivity index (χ1) is 16.1. The van der Waals surface area contributed by atoms with Gasteiger partial charge in [-0.05, 0) is 0 Å². The van der Waals surface area contributed by atoms with Crippen LogP contribution in [0.2, 0.25) is 0 Å². The first-order valence-electron chi connectivity index (χ1n) is 10.8. The summed E-state index contributed by atoms with van der Waals surface area (Å²) in [6.07, 6.45) is 5.77. The van der Waals surface area contributed by atoms with Crippen LogP contribution in [0.1, 0.15) is 20.3 Å². The van der Waals surface area contributed by atoms with Gasteiger partial charge in [-0.25, -0.2) is 0 Å². The van der Waals surface area contributed by atoms with Crippen molar-refractivity contribution in [3.63, 3.8) is 0 Å². The Kier molecular flexibility index (Phi) is 6.57. The van der Waals surface area contributed by atoms with E-state index in [4.69, 9.17) is 18.9 Å². The third-order valence-corrected chi connectivity index (χ3v) is 7.08. The van der Waals surface area contributed by atoms with Crippen molar-refractivity contribution in [1.29, 1.82) is 0 Å². The molecule has 1 atom stereocenters. The quantitative estimate of drug-likeness (QED) is 0.272. The van der Waals surface area contributed by atoms with E-state index in [2.05, 4.69) is 38.7 Å². The van der Waals surface area contributed by atoms with Crippen LogP contribution in [-0.2, 0) is 6.54 Å². The van der Waals surface area contributed by atoms with E-state index >= 15 is 0 Å². The van der Waals surface area contributed by atoms with Crippen LogP contribution in [0.25, 0.3) is 22.6 Å². The molecule has 0 radical (unpaired) electrons. The number of aryl methyl sites for hydroxylation is 1. The maximum absolute atomic E-state index is 5.84. The van der Waals surface area contributed by atoms with E-state index in [0.29, 0.717) is 36.6 Å². The van der Waals surface area contributed by atoms with Gasteiger partial charge >= 0.3 is 205 Å². The molecule has 0 aliphatic carbocycles. The number of hydrogen-bond donors (Lipinski definition) is 1. The molecule has 0 spiro atoms. The number of ether oxygens (including phenoxy) is 2. The van der Waals surface area contributed by atoms with Gasteiger partial charge in [-0.3, -0.25) is 0 Å². The molecule has 11 heteroatoms. The van der Waals surface area contributed by atoms with Crippen LogP contribution in [0.4, 0.5) is 0 Å². The minimum absolute atomic E-state index is 0.451. The van der Waals surface area contributed by atoms with Gasteiger partial charge < -0.3 is 0 Å². The first kappa shape index (κ1) is 22.3. The zero-order chi connectivity index (χ0) is 22.8. The molecular formula is C22H25AsN6O3S. The summed E-state index contributed by atoms with van der Waals surface area (Å²) in [5, 5.41) is 4.32. The number of fused-ring (bicyclic) bond motifs is 2. The van der Waals surface area contributed by atoms with Crippen LogP contribution in [0, 0.1) is 0 Å². The van der Waals surface area contributed by atoms with E-state index in [1.807, 2.05) is 12.1 Å². The summed E-state index contributed by atoms with van der Waals surface area (Å²) in [5.41, 5.74) is 2.53. The van der Waals surface area contributed by atoms with E-state index in [-0.39, 0.29) is 0 Å². The molecule has 0 saturated carbocycles. The first-order valence-corrected chi connectivity index (χ1v) is 12.8. The molecule has 0 fully saturated rings. The Morgan fingerprint density at radius 1 is 1.15 bits per heavy atom. The average Bonchev–Trinajstić information content (AvgIpc) is 3.45. The summed E-state index contributed by atoms with van der Waals surface area (Å²) in [6.45, 7) is 7.05. The fourth-order valence-electron chi connectivity index (χ4n) is 3.62. The number of nitrogens with zero attached hydrogens (tertiary/aromatic N) is 5. The predicted molar refractivity (Wildman–Crippen MR) is 128 cm³/mol. The molecule has 4 aromatic rings. The second kappa shape index (κ2) is 9.75. The molecule has 9 nitrogen and oxygen atoms in total. The molecule has 0 amide bonds. The van der Waals surface area contributed by atoms with Crippen LogP contribution in [0.15, 0.2) is 45.4 Å². The zero-order valence-electron chi connectivity index (χ0n) is 18.4. The molecule has 33 heavy (non-hydrogen) atoms. The number of aromatic nitrogens is 5. The zero-order valence-corrected chi connectivity index (χ0v) is 21.7. The fourth-order valence-corrected chi connectivity index (χ4v) is 5.21. The van der Waals surface area contributed by atoms with Gasteiger partial charge in [-0.15, -0.1) is 0 Å². The predicted octanol–water partition coefficient (Wildman–Crippen LogP) is 2.05. The SMILES string of the molecule is CC(C)NCCCn1c(Sc2cc3c(cc2-c2ncco2)OCCO3)nc2c([AsH2])ncnc21. The molecule has 0 saturated heterocycles. The Balaban J connectivity index is 1.55. The van der Waals surface area contributed by atoms with Crippen molar-refractivity contribution in [3.05, 3.63) is 30.9 Å². The van der Waals surface area contributed by atoms with Gasteiger partial charge in [0.1, 0.15) is 0 Å². The van der Waals surface area contributed by atoms with Gasteiger partial charge in [0.15, 0.2) is 0 Å². The number of nitrogens with one attached hydrogen (secondary N) is 1. The summed E-state index contributed by atoms with van der Waals surface area (Å²) in [6, 6.07) is 4.35. The number of benzene rings is 1. The standard InChI is InChI=1S/C22H25AsN6O3S/c1-13(2)24-4-3-6-29-20-18(19(23)26-12-27-20)28-22(29)33-17-11-16-15(30-8-9-31-16)10-14(17)21-25-5-7-32-21/h5,7,10-13,24H,3-4,6,8-9,23H2,1-2H3. The molecule has 1 aliphatic rings. The van der Waals surface area contributed by atoms with E-state index in [1.54, 1.807) is 30.5 Å². The van der Waals surface area contributed by atoms with Gasteiger partial charge in [0.05, 0.1) is 0 Å². The van der Waals surface area contributed by atoms with Crippen LogP contribution in [-0.4, -0.2) is 67.2 Å². The summed E-state index contributed by atoms with van der Waals surface area (Å²) in [7, 11) is 0. The van der Waals surface area contributed by atoms with Crippen molar-refractivity contribution in [2.75, 3.05) is 19.8 Å². The Morgan fingerprint density at radius 3 is 2.73 bits per heavy atom. The molecular weight excluding hydrogens is 503 g/mol. The molecule has 4 heterocycles. The Morgan fingerprint density at radius 2 is 1.97 bits per heavy atom. The third kappa shape index (κ3) is 4.74. The molecule has 1 N–H and O–H groups in total. The number of rotatable bonds is 8. The summed E-state index contributed by atoms with van der Waals surface area (Å²) < 4.78 is 20.3. The molecule has 3 aromatic heterocycles. The van der Waals surface area contributed by atoms with E-state index < -0.39 is 0 Å². The van der Waals surface area contributed by atoms with Crippen LogP contribution in [0.3, 0.4) is 0 Å². The number of hydrogen-bond acceptors (Lipinski definition) is 9. The number of imidazole rings is 1. The van der Waals surface area contributed by atoms with Gasteiger partial charge in [0.25, 0.3) is 0 Å². The summed E-state index contributed by atoms with van der Waals surface area (Å²) >= 11 is 2.98. The number of oxazole rings is 1. The van der Waals surface area contributed by atoms with Crippen molar-refractivity contribution in [2.24, 2.45) is 0 Å². The van der Waals surface area contributed by atoms with Gasteiger partial charge in [0, 0.05) is 0 Å². The topological polar surface area (TPSA) is 100 Å². The van der Waals surface area contributed by atoms with Crippen LogP contribution >= 0.6 is 11.8 Å². The van der Waals surface area contributed by atoms with E-state index in [1.165, 1.54) is 16.9 Å². The van der Waals surface area contributed by atoms with Crippen LogP contribution in [0.5, 0.6) is 11.5 Å². The second-order valence-corrected chi connectivity index (χ2v) is 10.0. The van der Waals surface area contributed by atoms with Gasteiger partial charge in [-0.1, -0.05) is 0 Å². The summed E-state index contributed by atoms with van der Waals surface area (Å²) in [5.74, 6) is 1.93. The average molecular weight is 528 g/mol. The van der Waals surface area contributed by atoms with E-state index in [0.717, 1.165) is 50.8 Å². The molecule has 5 rings (SSSR count). The van der Waals surface area contributed by atoms with Crippen molar-refractivity contribution < 1.29 is 13.9 Å². The Hall–Kier alpha value is -2.55. The molecule has 0 bridgehead atoms. The minimum atomic E-state index is 0.451. The van der Waals surface area contributed by atoms with Crippen molar-refractivity contribution in [1.82, 2.24) is 29.8 Å². The second-order valence-electron chi connectivity index (χ2n) is 7.87. The van der Waals surface area contributed by atoms with Crippen molar-refractivity contribution in [2.45, 2.75) is 42.9 Å². The van der Waals surface area contributed by atoms with Crippen LogP contribution < -0.4 is 19.3 Å². The molecule has 1 aromatic carbocycles.